The van der Waals surface area contributed by atoms with Crippen LogP contribution >= 0.6 is 15.9 Å². The van der Waals surface area contributed by atoms with Gasteiger partial charge in [0.15, 0.2) is 0 Å². The van der Waals surface area contributed by atoms with Gasteiger partial charge in [-0.15, -0.1) is 0 Å². The van der Waals surface area contributed by atoms with Crippen molar-refractivity contribution in [3.63, 3.8) is 0 Å². The second kappa shape index (κ2) is 6.36. The molecule has 0 spiro atoms. The minimum atomic E-state index is -0.193. The van der Waals surface area contributed by atoms with Gasteiger partial charge in [0.1, 0.15) is 5.82 Å². The molecular weight excluding hydrogens is 269 g/mol. The van der Waals surface area contributed by atoms with Gasteiger partial charge in [-0.1, -0.05) is 32.4 Å². The van der Waals surface area contributed by atoms with Gasteiger partial charge in [0, 0.05) is 6.04 Å². The minimum Gasteiger partial charge on any atom is -0.313 e. The number of rotatable bonds is 5. The van der Waals surface area contributed by atoms with Crippen molar-refractivity contribution >= 4 is 15.9 Å². The molecule has 16 heavy (non-hydrogen) atoms. The van der Waals surface area contributed by atoms with E-state index in [1.807, 2.05) is 13.1 Å². The van der Waals surface area contributed by atoms with E-state index < -0.39 is 0 Å². The van der Waals surface area contributed by atoms with Crippen molar-refractivity contribution in [1.29, 1.82) is 0 Å². The van der Waals surface area contributed by atoms with E-state index in [0.717, 1.165) is 18.4 Å². The number of benzene rings is 1. The zero-order chi connectivity index (χ0) is 12.1. The van der Waals surface area contributed by atoms with E-state index in [4.69, 9.17) is 0 Å². The number of halogens is 2. The Bertz CT molecular complexity index is 341. The lowest BCUT2D eigenvalue weighted by molar-refractivity contribution is 0.419. The number of hydrogen-bond donors (Lipinski definition) is 1. The summed E-state index contributed by atoms with van der Waals surface area (Å²) in [4.78, 5) is 0. The molecule has 0 aliphatic heterocycles. The Labute approximate surface area is 106 Å². The van der Waals surface area contributed by atoms with Crippen LogP contribution in [0.25, 0.3) is 0 Å². The number of hydrogen-bond acceptors (Lipinski definition) is 1. The third-order valence-electron chi connectivity index (χ3n) is 3.04. The summed E-state index contributed by atoms with van der Waals surface area (Å²) >= 11 is 3.32. The van der Waals surface area contributed by atoms with Crippen molar-refractivity contribution in [2.75, 3.05) is 7.05 Å². The highest BCUT2D eigenvalue weighted by molar-refractivity contribution is 9.10. The van der Waals surface area contributed by atoms with Crippen molar-refractivity contribution in [3.8, 4) is 0 Å². The Morgan fingerprint density at radius 1 is 1.44 bits per heavy atom. The summed E-state index contributed by atoms with van der Waals surface area (Å²) in [5.41, 5.74) is 1.00. The van der Waals surface area contributed by atoms with Crippen LogP contribution in [0, 0.1) is 11.7 Å². The topological polar surface area (TPSA) is 12.0 Å². The van der Waals surface area contributed by atoms with Crippen LogP contribution in [0.1, 0.15) is 38.3 Å². The third kappa shape index (κ3) is 3.29. The van der Waals surface area contributed by atoms with Crippen molar-refractivity contribution in [1.82, 2.24) is 5.32 Å². The monoisotopic (exact) mass is 287 g/mol. The Morgan fingerprint density at radius 3 is 2.69 bits per heavy atom. The minimum absolute atomic E-state index is 0.193. The Morgan fingerprint density at radius 2 is 2.12 bits per heavy atom. The molecule has 1 rings (SSSR count). The van der Waals surface area contributed by atoms with Crippen LogP contribution in [0.5, 0.6) is 0 Å². The lowest BCUT2D eigenvalue weighted by Crippen LogP contribution is -2.19. The van der Waals surface area contributed by atoms with Gasteiger partial charge >= 0.3 is 0 Å². The molecule has 0 aromatic heterocycles. The fraction of sp³-hybridized carbons (Fsp3) is 0.538. The average molecular weight is 288 g/mol. The first-order valence-electron chi connectivity index (χ1n) is 5.71. The van der Waals surface area contributed by atoms with E-state index in [-0.39, 0.29) is 11.9 Å². The van der Waals surface area contributed by atoms with E-state index >= 15 is 0 Å². The predicted molar refractivity (Wildman–Crippen MR) is 70.0 cm³/mol. The Hall–Kier alpha value is -0.410. The van der Waals surface area contributed by atoms with Crippen LogP contribution in [0.15, 0.2) is 22.7 Å². The summed E-state index contributed by atoms with van der Waals surface area (Å²) in [6.07, 6.45) is 2.17. The second-order valence-corrected chi connectivity index (χ2v) is 5.03. The SMILES string of the molecule is CCC(C)CC(NC)c1cccc(F)c1Br. The molecule has 0 saturated carbocycles. The third-order valence-corrected chi connectivity index (χ3v) is 3.88. The molecule has 2 atom stereocenters. The van der Waals surface area contributed by atoms with Crippen molar-refractivity contribution in [2.45, 2.75) is 32.7 Å². The molecule has 0 heterocycles. The van der Waals surface area contributed by atoms with Crippen LogP contribution in [-0.2, 0) is 0 Å². The molecule has 1 nitrogen and oxygen atoms in total. The first-order valence-corrected chi connectivity index (χ1v) is 6.50. The van der Waals surface area contributed by atoms with E-state index in [1.54, 1.807) is 6.07 Å². The molecule has 1 aromatic rings. The molecular formula is C13H19BrFN. The fourth-order valence-electron chi connectivity index (χ4n) is 1.76. The normalized spacial score (nSPS) is 14.8. The maximum Gasteiger partial charge on any atom is 0.137 e. The van der Waals surface area contributed by atoms with Crippen LogP contribution in [0.4, 0.5) is 4.39 Å². The quantitative estimate of drug-likeness (QED) is 0.852. The van der Waals surface area contributed by atoms with E-state index in [1.165, 1.54) is 6.07 Å². The Balaban J connectivity index is 2.90. The molecule has 0 aliphatic carbocycles. The van der Waals surface area contributed by atoms with Crippen molar-refractivity contribution in [3.05, 3.63) is 34.1 Å². The standard InChI is InChI=1S/C13H19BrFN/c1-4-9(2)8-12(16-3)10-6-5-7-11(15)13(10)14/h5-7,9,12,16H,4,8H2,1-3H3. The van der Waals surface area contributed by atoms with Crippen molar-refractivity contribution in [2.24, 2.45) is 5.92 Å². The van der Waals surface area contributed by atoms with Gasteiger partial charge < -0.3 is 5.32 Å². The molecule has 0 aliphatic rings. The largest absolute Gasteiger partial charge is 0.313 e. The summed E-state index contributed by atoms with van der Waals surface area (Å²) in [5, 5.41) is 3.25. The first-order chi connectivity index (χ1) is 7.60. The second-order valence-electron chi connectivity index (χ2n) is 4.23. The summed E-state index contributed by atoms with van der Waals surface area (Å²) in [5.74, 6) is 0.439. The molecule has 2 unspecified atom stereocenters. The molecule has 0 radical (unpaired) electrons. The maximum atomic E-state index is 13.4. The highest BCUT2D eigenvalue weighted by Gasteiger charge is 2.16. The first kappa shape index (κ1) is 13.7. The van der Waals surface area contributed by atoms with E-state index in [2.05, 4.69) is 35.1 Å². The lowest BCUT2D eigenvalue weighted by atomic mass is 9.94. The zero-order valence-corrected chi connectivity index (χ0v) is 11.6. The summed E-state index contributed by atoms with van der Waals surface area (Å²) in [6, 6.07) is 5.41. The van der Waals surface area contributed by atoms with Crippen LogP contribution in [0.2, 0.25) is 0 Å². The molecule has 1 N–H and O–H groups in total. The van der Waals surface area contributed by atoms with Crippen LogP contribution in [0.3, 0.4) is 0 Å². The molecule has 1 aromatic carbocycles. The molecule has 0 fully saturated rings. The summed E-state index contributed by atoms with van der Waals surface area (Å²) in [7, 11) is 1.92. The van der Waals surface area contributed by atoms with Gasteiger partial charge in [-0.25, -0.2) is 4.39 Å². The lowest BCUT2D eigenvalue weighted by Gasteiger charge is -2.21. The van der Waals surface area contributed by atoms with Gasteiger partial charge in [0.2, 0.25) is 0 Å². The zero-order valence-electron chi connectivity index (χ0n) is 10.1. The van der Waals surface area contributed by atoms with Crippen LogP contribution < -0.4 is 5.32 Å². The Kier molecular flexibility index (Phi) is 5.42. The smallest absolute Gasteiger partial charge is 0.137 e. The number of nitrogens with one attached hydrogen (secondary N) is 1. The molecule has 0 amide bonds. The van der Waals surface area contributed by atoms with Gasteiger partial charge in [-0.05, 0) is 46.9 Å². The van der Waals surface area contributed by atoms with Gasteiger partial charge in [-0.3, -0.25) is 0 Å². The van der Waals surface area contributed by atoms with Crippen LogP contribution in [-0.4, -0.2) is 7.05 Å². The molecule has 90 valence electrons. The van der Waals surface area contributed by atoms with E-state index in [9.17, 15) is 4.39 Å². The maximum absolute atomic E-state index is 13.4. The fourth-order valence-corrected chi connectivity index (χ4v) is 2.30. The summed E-state index contributed by atoms with van der Waals surface area (Å²) < 4.78 is 14.0. The molecule has 0 saturated heterocycles. The average Bonchev–Trinajstić information content (AvgIpc) is 2.29. The van der Waals surface area contributed by atoms with Gasteiger partial charge in [0.05, 0.1) is 4.47 Å². The highest BCUT2D eigenvalue weighted by Crippen LogP contribution is 2.30. The predicted octanol–water partition coefficient (Wildman–Crippen LogP) is 4.28. The molecule has 0 bridgehead atoms. The van der Waals surface area contributed by atoms with Crippen molar-refractivity contribution < 1.29 is 4.39 Å². The van der Waals surface area contributed by atoms with Gasteiger partial charge in [0.25, 0.3) is 0 Å². The molecule has 3 heteroatoms. The van der Waals surface area contributed by atoms with E-state index in [0.29, 0.717) is 10.4 Å². The van der Waals surface area contributed by atoms with Gasteiger partial charge in [-0.2, -0.15) is 0 Å². The highest BCUT2D eigenvalue weighted by atomic mass is 79.9. The summed E-state index contributed by atoms with van der Waals surface area (Å²) in [6.45, 7) is 4.40.